The number of hydrogen-bond acceptors (Lipinski definition) is 8. The molecule has 11 heteroatoms. The molecule has 1 saturated heterocycles. The molecule has 2 N–H and O–H groups in total. The molecule has 3 heterocycles. The van der Waals surface area contributed by atoms with Crippen molar-refractivity contribution < 1.29 is 14.7 Å². The molecule has 0 unspecified atom stereocenters. The first-order valence-electron chi connectivity index (χ1n) is 11.6. The maximum absolute atomic E-state index is 13.0. The zero-order valence-electron chi connectivity index (χ0n) is 20.0. The molecule has 2 aromatic heterocycles. The number of hydrogen-bond donors (Lipinski definition) is 2. The highest BCUT2D eigenvalue weighted by Gasteiger charge is 2.17. The Bertz CT molecular complexity index is 1290. The van der Waals surface area contributed by atoms with E-state index in [1.54, 1.807) is 16.8 Å². The third-order valence-electron chi connectivity index (χ3n) is 5.86. The standard InChI is InChI=1S/C24H29ClN6O4/c1-15(2)31-19-8-7-17(11-16(19)12-20(23(31)33)35-14-21(32)29(3)34)27-22-18(25)13-26-24(28-22)30-9-5-4-6-10-30/h7-8,11-13,15,34H,4-6,9-10,14H2,1-3H3,(H,26,27,28). The molecular weight excluding hydrogens is 472 g/mol. The van der Waals surface area contributed by atoms with E-state index in [1.165, 1.54) is 13.5 Å². The number of hydroxylamine groups is 2. The lowest BCUT2D eigenvalue weighted by atomic mass is 10.1. The van der Waals surface area contributed by atoms with Crippen LogP contribution in [0.25, 0.3) is 10.9 Å². The number of piperidine rings is 1. The quantitative estimate of drug-likeness (QED) is 0.370. The first kappa shape index (κ1) is 24.7. The van der Waals surface area contributed by atoms with Gasteiger partial charge in [-0.2, -0.15) is 4.98 Å². The molecule has 0 bridgehead atoms. The Labute approximate surface area is 208 Å². The van der Waals surface area contributed by atoms with Crippen molar-refractivity contribution in [2.24, 2.45) is 0 Å². The van der Waals surface area contributed by atoms with Gasteiger partial charge >= 0.3 is 0 Å². The average molecular weight is 501 g/mol. The normalized spacial score (nSPS) is 13.8. The number of fused-ring (bicyclic) bond motifs is 1. The molecule has 1 aliphatic rings. The number of anilines is 3. The average Bonchev–Trinajstić information content (AvgIpc) is 2.84. The van der Waals surface area contributed by atoms with E-state index in [1.807, 2.05) is 32.0 Å². The van der Waals surface area contributed by atoms with Crippen molar-refractivity contribution in [1.29, 1.82) is 0 Å². The maximum atomic E-state index is 13.0. The Morgan fingerprint density at radius 1 is 1.26 bits per heavy atom. The molecule has 1 fully saturated rings. The molecule has 0 radical (unpaired) electrons. The Balaban J connectivity index is 1.67. The molecule has 1 aromatic carbocycles. The van der Waals surface area contributed by atoms with Crippen LogP contribution in [0.3, 0.4) is 0 Å². The maximum Gasteiger partial charge on any atom is 0.293 e. The summed E-state index contributed by atoms with van der Waals surface area (Å²) in [6.45, 7) is 5.17. The van der Waals surface area contributed by atoms with Crippen LogP contribution < -0.4 is 20.5 Å². The van der Waals surface area contributed by atoms with E-state index in [0.29, 0.717) is 27.5 Å². The number of carbonyl (C=O) groups excluding carboxylic acids is 1. The summed E-state index contributed by atoms with van der Waals surface area (Å²) in [6.07, 6.45) is 5.03. The number of rotatable bonds is 7. The molecular formula is C24H29ClN6O4. The number of nitrogens with one attached hydrogen (secondary N) is 1. The van der Waals surface area contributed by atoms with E-state index in [4.69, 9.17) is 16.3 Å². The lowest BCUT2D eigenvalue weighted by molar-refractivity contribution is -0.161. The predicted molar refractivity (Wildman–Crippen MR) is 135 cm³/mol. The van der Waals surface area contributed by atoms with E-state index in [0.717, 1.165) is 36.8 Å². The van der Waals surface area contributed by atoms with Gasteiger partial charge in [-0.05, 0) is 57.4 Å². The third-order valence-corrected chi connectivity index (χ3v) is 6.14. The van der Waals surface area contributed by atoms with Gasteiger partial charge in [0.05, 0.1) is 11.7 Å². The van der Waals surface area contributed by atoms with Crippen molar-refractivity contribution in [3.05, 3.63) is 45.8 Å². The zero-order chi connectivity index (χ0) is 25.1. The van der Waals surface area contributed by atoms with Gasteiger partial charge in [0.25, 0.3) is 11.5 Å². The minimum atomic E-state index is -0.668. The molecule has 1 amide bonds. The second kappa shape index (κ2) is 10.5. The van der Waals surface area contributed by atoms with E-state index in [-0.39, 0.29) is 17.4 Å². The van der Waals surface area contributed by atoms with E-state index in [9.17, 15) is 14.8 Å². The van der Waals surface area contributed by atoms with Gasteiger partial charge in [0.1, 0.15) is 5.02 Å². The van der Waals surface area contributed by atoms with Crippen LogP contribution in [0.5, 0.6) is 5.75 Å². The number of carbonyl (C=O) groups is 1. The fourth-order valence-electron chi connectivity index (χ4n) is 4.08. The van der Waals surface area contributed by atoms with Gasteiger partial charge in [-0.1, -0.05) is 11.6 Å². The molecule has 186 valence electrons. The summed E-state index contributed by atoms with van der Waals surface area (Å²) in [5.41, 5.74) is 1.08. The summed E-state index contributed by atoms with van der Waals surface area (Å²) in [4.78, 5) is 35.9. The van der Waals surface area contributed by atoms with Crippen molar-refractivity contribution >= 4 is 45.9 Å². The predicted octanol–water partition coefficient (Wildman–Crippen LogP) is 3.99. The summed E-state index contributed by atoms with van der Waals surface area (Å²) in [5, 5.41) is 14.1. The minimum absolute atomic E-state index is 0.0194. The SMILES string of the molecule is CC(C)n1c(=O)c(OCC(=O)N(C)O)cc2cc(Nc3nc(N4CCCCC4)ncc3Cl)ccc21. The van der Waals surface area contributed by atoms with Gasteiger partial charge < -0.3 is 19.5 Å². The molecule has 10 nitrogen and oxygen atoms in total. The summed E-state index contributed by atoms with van der Waals surface area (Å²) in [6, 6.07) is 7.00. The number of nitrogens with zero attached hydrogens (tertiary/aromatic N) is 5. The van der Waals surface area contributed by atoms with Gasteiger partial charge in [-0.25, -0.2) is 10.0 Å². The van der Waals surface area contributed by atoms with Crippen LogP contribution in [0, 0.1) is 0 Å². The van der Waals surface area contributed by atoms with E-state index >= 15 is 0 Å². The highest BCUT2D eigenvalue weighted by molar-refractivity contribution is 6.32. The second-order valence-corrected chi connectivity index (χ2v) is 9.20. The topological polar surface area (TPSA) is 113 Å². The van der Waals surface area contributed by atoms with Crippen molar-refractivity contribution in [2.75, 3.05) is 37.0 Å². The smallest absolute Gasteiger partial charge is 0.293 e. The lowest BCUT2D eigenvalue weighted by Crippen LogP contribution is -2.31. The van der Waals surface area contributed by atoms with Crippen LogP contribution in [0.1, 0.15) is 39.2 Å². The number of ether oxygens (including phenoxy) is 1. The molecule has 4 rings (SSSR count). The van der Waals surface area contributed by atoms with Gasteiger partial charge in [0, 0.05) is 37.3 Å². The lowest BCUT2D eigenvalue weighted by Gasteiger charge is -2.27. The number of aromatic nitrogens is 3. The molecule has 0 spiro atoms. The first-order valence-corrected chi connectivity index (χ1v) is 11.9. The summed E-state index contributed by atoms with van der Waals surface area (Å²) >= 11 is 6.38. The Hall–Kier alpha value is -3.37. The molecule has 0 saturated carbocycles. The van der Waals surface area contributed by atoms with Crippen LogP contribution in [0.2, 0.25) is 5.02 Å². The third kappa shape index (κ3) is 5.49. The summed E-state index contributed by atoms with van der Waals surface area (Å²) in [7, 11) is 1.20. The largest absolute Gasteiger partial charge is 0.478 e. The minimum Gasteiger partial charge on any atom is -0.478 e. The van der Waals surface area contributed by atoms with Gasteiger partial charge in [-0.15, -0.1) is 0 Å². The number of amides is 1. The molecule has 1 aliphatic heterocycles. The van der Waals surface area contributed by atoms with Crippen molar-refractivity contribution in [3.8, 4) is 5.75 Å². The van der Waals surface area contributed by atoms with Crippen LogP contribution in [0.15, 0.2) is 35.3 Å². The highest BCUT2D eigenvalue weighted by Crippen LogP contribution is 2.29. The zero-order valence-corrected chi connectivity index (χ0v) is 20.7. The molecule has 0 atom stereocenters. The number of likely N-dealkylation sites (N-methyl/N-ethyl adjacent to an activating group) is 1. The summed E-state index contributed by atoms with van der Waals surface area (Å²) in [5.74, 6) is 0.483. The summed E-state index contributed by atoms with van der Waals surface area (Å²) < 4.78 is 7.07. The van der Waals surface area contributed by atoms with Crippen molar-refractivity contribution in [1.82, 2.24) is 19.6 Å². The van der Waals surface area contributed by atoms with E-state index in [2.05, 4.69) is 20.2 Å². The second-order valence-electron chi connectivity index (χ2n) is 8.80. The van der Waals surface area contributed by atoms with Crippen LogP contribution in [0.4, 0.5) is 17.5 Å². The Morgan fingerprint density at radius 3 is 2.69 bits per heavy atom. The van der Waals surface area contributed by atoms with Crippen LogP contribution in [-0.2, 0) is 4.79 Å². The number of pyridine rings is 1. The van der Waals surface area contributed by atoms with Gasteiger partial charge in [-0.3, -0.25) is 14.8 Å². The molecule has 0 aliphatic carbocycles. The fraction of sp³-hybridized carbons (Fsp3) is 0.417. The number of benzene rings is 1. The van der Waals surface area contributed by atoms with Crippen molar-refractivity contribution in [3.63, 3.8) is 0 Å². The van der Waals surface area contributed by atoms with E-state index < -0.39 is 12.5 Å². The van der Waals surface area contributed by atoms with Gasteiger partial charge in [0.15, 0.2) is 18.2 Å². The molecule has 3 aromatic rings. The fourth-order valence-corrected chi connectivity index (χ4v) is 4.21. The Kier molecular flexibility index (Phi) is 7.42. The first-order chi connectivity index (χ1) is 16.7. The number of halogens is 1. The monoisotopic (exact) mass is 500 g/mol. The highest BCUT2D eigenvalue weighted by atomic mass is 35.5. The van der Waals surface area contributed by atoms with Crippen LogP contribution >= 0.6 is 11.6 Å². The van der Waals surface area contributed by atoms with Crippen molar-refractivity contribution in [2.45, 2.75) is 39.2 Å². The Morgan fingerprint density at radius 2 is 2.00 bits per heavy atom. The molecule has 35 heavy (non-hydrogen) atoms. The van der Waals surface area contributed by atoms with Crippen LogP contribution in [-0.4, -0.2) is 57.5 Å². The van der Waals surface area contributed by atoms with Gasteiger partial charge in [0.2, 0.25) is 5.95 Å².